The maximum Gasteiger partial charge on any atom is 0.364 e. The lowest BCUT2D eigenvalue weighted by Gasteiger charge is -2.51. The molecule has 0 aromatic heterocycles. The van der Waals surface area contributed by atoms with Gasteiger partial charge in [-0.15, -0.1) is 0 Å². The number of carboxylic acid groups (broad SMARTS) is 1. The van der Waals surface area contributed by atoms with Crippen molar-refractivity contribution in [2.75, 3.05) is 47.3 Å². The fraction of sp³-hybridized carbons (Fsp3) is 0.787. The number of carbonyl (C=O) groups is 4. The zero-order chi connectivity index (χ0) is 56.9. The molecule has 440 valence electrons. The maximum atomic E-state index is 14.2. The number of carbonyl (C=O) groups excluding carboxylic acids is 3. The highest BCUT2D eigenvalue weighted by atomic mass is 16.8. The second-order valence-electron chi connectivity index (χ2n) is 19.0. The predicted octanol–water partition coefficient (Wildman–Crippen LogP) is -6.32. The SMILES string of the molecule is COC(=O)CCCCCCCCO[C@@H]1O[C@H](CO)[C@@H](O[C@H]2O[C@H](CO)[C@H](O)[C@H](O[C@]3(C(=O)O)C[C@H](O)[C@@H](NC(C)=O)[C@H]([C@H](O)[C@H](O)CO)O3)[C@H]2O)[C@H](O[C@@H]2O[C@@H](CO)[C@@H](O)[C@@H](O)[C@@H]2O)[C@H]1NC(=O)c1ccc(O)c(OC)c1. The summed E-state index contributed by atoms with van der Waals surface area (Å²) in [6.45, 7) is -3.24. The number of benzene rings is 1. The van der Waals surface area contributed by atoms with Gasteiger partial charge in [0.15, 0.2) is 30.4 Å². The van der Waals surface area contributed by atoms with Crippen LogP contribution in [0.5, 0.6) is 11.5 Å². The number of ether oxygens (including phenoxy) is 10. The van der Waals surface area contributed by atoms with E-state index < -0.39 is 179 Å². The van der Waals surface area contributed by atoms with Gasteiger partial charge in [0.25, 0.3) is 11.7 Å². The quantitative estimate of drug-likeness (QED) is 0.0288. The Morgan fingerprint density at radius 2 is 1.31 bits per heavy atom. The number of methoxy groups -OCH3 is 2. The third kappa shape index (κ3) is 15.6. The Kier molecular flexibility index (Phi) is 24.3. The first-order valence-electron chi connectivity index (χ1n) is 25.0. The Bertz CT molecular complexity index is 2040. The monoisotopic (exact) mass is 1110 g/mol. The van der Waals surface area contributed by atoms with Gasteiger partial charge in [0, 0.05) is 31.9 Å². The number of unbranched alkanes of at least 4 members (excludes halogenated alkanes) is 5. The Hall–Kier alpha value is -4.10. The van der Waals surface area contributed by atoms with Crippen molar-refractivity contribution in [2.24, 2.45) is 0 Å². The summed E-state index contributed by atoms with van der Waals surface area (Å²) in [6.07, 6.45) is -33.2. The van der Waals surface area contributed by atoms with E-state index in [1.54, 1.807) is 0 Å². The molecule has 2 amide bonds. The molecular weight excluding hydrogens is 1040 g/mol. The first kappa shape index (κ1) is 63.7. The molecule has 0 saturated carbocycles. The number of aliphatic hydroxyl groups is 12. The average Bonchev–Trinajstić information content (AvgIpc) is 3.41. The van der Waals surface area contributed by atoms with Crippen molar-refractivity contribution in [1.82, 2.24) is 10.6 Å². The van der Waals surface area contributed by atoms with Gasteiger partial charge in [0.2, 0.25) is 5.91 Å². The molecule has 4 aliphatic rings. The number of hydrogen-bond donors (Lipinski definition) is 16. The minimum atomic E-state index is -3.19. The third-order valence-corrected chi connectivity index (χ3v) is 13.6. The standard InChI is InChI=1S/C47H74N2O28/c1-20(54)48-30-23(56)15-47(46(66)67,76-39(30)32(59)24(57)16-50)77-41-34(61)27(18-52)72-45(37(41)64)74-38-28(19-53)73-43(70-13-9-7-5-4-6-8-10-29(58)69-3)31(49-42(65)21-11-12-22(55)25(14-21)68-2)40(38)75-44-36(63)35(62)33(60)26(17-51)71-44/h11-12,14,23-24,26-28,30-41,43-45,50-53,55-57,59-64H,4-10,13,15-19H2,1-3H3,(H,48,54)(H,49,65)(H,66,67)/t23-,24+,26-,27+,28+,30+,31+,32+,33+,34-,35+,36-,37+,38+,39+,40+,41-,43+,44-,45+,47-/m0/s1. The summed E-state index contributed by atoms with van der Waals surface area (Å²) in [5.74, 6) is -7.80. The van der Waals surface area contributed by atoms with Gasteiger partial charge in [-0.2, -0.15) is 0 Å². The molecule has 0 aliphatic carbocycles. The summed E-state index contributed by atoms with van der Waals surface area (Å²) in [5, 5.41) is 156. The Morgan fingerprint density at radius 3 is 1.91 bits per heavy atom. The van der Waals surface area contributed by atoms with Gasteiger partial charge in [-0.3, -0.25) is 14.4 Å². The van der Waals surface area contributed by atoms with E-state index in [0.717, 1.165) is 31.9 Å². The minimum Gasteiger partial charge on any atom is -0.504 e. The van der Waals surface area contributed by atoms with Crippen molar-refractivity contribution in [2.45, 2.75) is 187 Å². The summed E-state index contributed by atoms with van der Waals surface area (Å²) in [6, 6.07) is 0.178. The second kappa shape index (κ2) is 29.4. The molecule has 21 atom stereocenters. The zero-order valence-corrected chi connectivity index (χ0v) is 42.4. The molecule has 0 bridgehead atoms. The smallest absolute Gasteiger partial charge is 0.364 e. The first-order valence-corrected chi connectivity index (χ1v) is 25.0. The topological polar surface area (TPSA) is 468 Å². The van der Waals surface area contributed by atoms with Gasteiger partial charge in [-0.05, 0) is 31.0 Å². The van der Waals surface area contributed by atoms with Crippen LogP contribution in [0.2, 0.25) is 0 Å². The van der Waals surface area contributed by atoms with Crippen LogP contribution in [0, 0.1) is 0 Å². The average molecular weight is 1120 g/mol. The van der Waals surface area contributed by atoms with Crippen LogP contribution in [0.25, 0.3) is 0 Å². The maximum absolute atomic E-state index is 14.2. The number of esters is 1. The highest BCUT2D eigenvalue weighted by Gasteiger charge is 2.61. The van der Waals surface area contributed by atoms with Crippen molar-refractivity contribution in [3.05, 3.63) is 23.8 Å². The molecule has 1 aromatic rings. The Morgan fingerprint density at radius 1 is 0.714 bits per heavy atom. The molecule has 0 spiro atoms. The summed E-state index contributed by atoms with van der Waals surface area (Å²) in [4.78, 5) is 51.1. The summed E-state index contributed by atoms with van der Waals surface area (Å²) < 4.78 is 57.8. The molecule has 30 nitrogen and oxygen atoms in total. The number of carboxylic acids is 1. The van der Waals surface area contributed by atoms with E-state index in [1.165, 1.54) is 20.3 Å². The van der Waals surface area contributed by atoms with Crippen LogP contribution in [0.3, 0.4) is 0 Å². The molecule has 77 heavy (non-hydrogen) atoms. The largest absolute Gasteiger partial charge is 0.504 e. The Balaban J connectivity index is 1.54. The number of aliphatic carboxylic acids is 1. The summed E-state index contributed by atoms with van der Waals surface area (Å²) in [7, 11) is 2.52. The van der Waals surface area contributed by atoms with Crippen molar-refractivity contribution in [1.29, 1.82) is 0 Å². The molecule has 4 saturated heterocycles. The molecule has 0 radical (unpaired) electrons. The fourth-order valence-electron chi connectivity index (χ4n) is 9.37. The van der Waals surface area contributed by atoms with E-state index in [2.05, 4.69) is 15.4 Å². The Labute approximate surface area is 440 Å². The van der Waals surface area contributed by atoms with Crippen molar-refractivity contribution in [3.63, 3.8) is 0 Å². The van der Waals surface area contributed by atoms with Crippen LogP contribution in [0.1, 0.15) is 68.6 Å². The number of aliphatic hydroxyl groups excluding tert-OH is 12. The summed E-state index contributed by atoms with van der Waals surface area (Å²) >= 11 is 0. The lowest BCUT2D eigenvalue weighted by molar-refractivity contribution is -0.391. The van der Waals surface area contributed by atoms with Crippen LogP contribution < -0.4 is 15.4 Å². The van der Waals surface area contributed by atoms with E-state index in [1.807, 2.05) is 0 Å². The van der Waals surface area contributed by atoms with Gasteiger partial charge >= 0.3 is 11.9 Å². The van der Waals surface area contributed by atoms with Crippen LogP contribution >= 0.6 is 0 Å². The minimum absolute atomic E-state index is 0.0767. The second-order valence-corrected chi connectivity index (χ2v) is 19.0. The predicted molar refractivity (Wildman–Crippen MR) is 251 cm³/mol. The molecule has 5 rings (SSSR count). The molecule has 0 unspecified atom stereocenters. The number of rotatable bonds is 27. The zero-order valence-electron chi connectivity index (χ0n) is 42.4. The van der Waals surface area contributed by atoms with Crippen LogP contribution in [-0.2, 0) is 57.0 Å². The molecule has 4 fully saturated rings. The van der Waals surface area contributed by atoms with Gasteiger partial charge in [0.05, 0.1) is 52.8 Å². The van der Waals surface area contributed by atoms with E-state index >= 15 is 0 Å². The van der Waals surface area contributed by atoms with Gasteiger partial charge in [0.1, 0.15) is 91.5 Å². The van der Waals surface area contributed by atoms with Gasteiger partial charge in [-0.1, -0.05) is 25.7 Å². The highest BCUT2D eigenvalue weighted by molar-refractivity contribution is 5.95. The van der Waals surface area contributed by atoms with Crippen molar-refractivity contribution >= 4 is 23.8 Å². The van der Waals surface area contributed by atoms with E-state index in [9.17, 15) is 90.7 Å². The van der Waals surface area contributed by atoms with Gasteiger partial charge in [-0.25, -0.2) is 4.79 Å². The lowest BCUT2D eigenvalue weighted by atomic mass is 9.88. The van der Waals surface area contributed by atoms with Crippen LogP contribution in [0.4, 0.5) is 0 Å². The highest BCUT2D eigenvalue weighted by Crippen LogP contribution is 2.40. The molecule has 4 aliphatic heterocycles. The first-order chi connectivity index (χ1) is 36.6. The number of phenols is 1. The number of phenolic OH excluding ortho intramolecular Hbond substituents is 1. The molecule has 4 heterocycles. The number of hydrogen-bond acceptors (Lipinski definition) is 27. The van der Waals surface area contributed by atoms with E-state index in [0.29, 0.717) is 25.7 Å². The van der Waals surface area contributed by atoms with Crippen molar-refractivity contribution in [3.8, 4) is 11.5 Å². The molecular formula is C47H74N2O28. The lowest BCUT2D eigenvalue weighted by Crippen LogP contribution is -2.71. The van der Waals surface area contributed by atoms with E-state index in [-0.39, 0.29) is 36.1 Å². The van der Waals surface area contributed by atoms with E-state index in [4.69, 9.17) is 42.6 Å². The molecule has 1 aromatic carbocycles. The van der Waals surface area contributed by atoms with Crippen LogP contribution in [-0.4, -0.2) is 271 Å². The molecule has 16 N–H and O–H groups in total. The van der Waals surface area contributed by atoms with Crippen LogP contribution in [0.15, 0.2) is 18.2 Å². The third-order valence-electron chi connectivity index (χ3n) is 13.6. The number of nitrogens with one attached hydrogen (secondary N) is 2. The summed E-state index contributed by atoms with van der Waals surface area (Å²) in [5.41, 5.74) is -0.142. The van der Waals surface area contributed by atoms with Gasteiger partial charge < -0.3 is 129 Å². The fourth-order valence-corrected chi connectivity index (χ4v) is 9.37. The number of aromatic hydroxyl groups is 1. The van der Waals surface area contributed by atoms with Crippen molar-refractivity contribution < 1.29 is 138 Å². The normalized spacial score (nSPS) is 36.3. The molecule has 30 heteroatoms. The number of amides is 2.